The van der Waals surface area contributed by atoms with Crippen molar-refractivity contribution in [1.82, 2.24) is 9.62 Å². The fourth-order valence-electron chi connectivity index (χ4n) is 2.54. The molecule has 0 radical (unpaired) electrons. The summed E-state index contributed by atoms with van der Waals surface area (Å²) in [6, 6.07) is 11.5. The average molecular weight is 408 g/mol. The van der Waals surface area contributed by atoms with Crippen LogP contribution in [0.25, 0.3) is 0 Å². The third-order valence-corrected chi connectivity index (χ3v) is 5.90. The molecule has 2 rings (SSSR count). The predicted octanol–water partition coefficient (Wildman–Crippen LogP) is 1.65. The first-order chi connectivity index (χ1) is 13.3. The van der Waals surface area contributed by atoms with E-state index < -0.39 is 15.9 Å². The third-order valence-electron chi connectivity index (χ3n) is 4.10. The highest BCUT2D eigenvalue weighted by molar-refractivity contribution is 7.89. The number of carbonyl (C=O) groups is 1. The third kappa shape index (κ3) is 4.93. The number of benzene rings is 2. The molecule has 0 spiro atoms. The van der Waals surface area contributed by atoms with Crippen LogP contribution in [-0.4, -0.2) is 53.6 Å². The summed E-state index contributed by atoms with van der Waals surface area (Å²) in [6.07, 6.45) is 0. The number of para-hydroxylation sites is 1. The zero-order valence-electron chi connectivity index (χ0n) is 16.3. The van der Waals surface area contributed by atoms with E-state index in [9.17, 15) is 13.2 Å². The molecule has 0 aliphatic heterocycles. The molecule has 0 saturated heterocycles. The molecule has 0 bridgehead atoms. The topological polar surface area (TPSA) is 94.2 Å². The Labute approximate surface area is 165 Å². The molecule has 0 aliphatic carbocycles. The van der Waals surface area contributed by atoms with E-state index in [0.717, 1.165) is 9.87 Å². The van der Waals surface area contributed by atoms with Gasteiger partial charge >= 0.3 is 0 Å². The van der Waals surface area contributed by atoms with Crippen molar-refractivity contribution in [1.29, 1.82) is 0 Å². The first-order valence-electron chi connectivity index (χ1n) is 8.40. The molecule has 2 aromatic carbocycles. The van der Waals surface area contributed by atoms with Gasteiger partial charge in [-0.15, -0.1) is 0 Å². The molecule has 8 nitrogen and oxygen atoms in total. The van der Waals surface area contributed by atoms with Gasteiger partial charge in [0.05, 0.1) is 32.8 Å². The summed E-state index contributed by atoms with van der Waals surface area (Å²) < 4.78 is 41.9. The first kappa shape index (κ1) is 21.5. The number of methoxy groups -OCH3 is 3. The maximum absolute atomic E-state index is 12.7. The smallest absolute Gasteiger partial charge is 0.243 e. The van der Waals surface area contributed by atoms with Crippen molar-refractivity contribution in [3.63, 3.8) is 0 Å². The Morgan fingerprint density at radius 2 is 1.61 bits per heavy atom. The predicted molar refractivity (Wildman–Crippen MR) is 104 cm³/mol. The zero-order valence-corrected chi connectivity index (χ0v) is 17.1. The van der Waals surface area contributed by atoms with E-state index in [4.69, 9.17) is 14.2 Å². The number of hydrogen-bond acceptors (Lipinski definition) is 6. The average Bonchev–Trinajstić information content (AvgIpc) is 2.71. The Balaban J connectivity index is 2.06. The molecule has 0 atom stereocenters. The Morgan fingerprint density at radius 1 is 0.964 bits per heavy atom. The van der Waals surface area contributed by atoms with Crippen molar-refractivity contribution in [2.75, 3.05) is 34.9 Å². The number of carbonyl (C=O) groups excluding carboxylic acids is 1. The van der Waals surface area contributed by atoms with E-state index in [2.05, 4.69) is 5.32 Å². The highest BCUT2D eigenvalue weighted by Gasteiger charge is 2.24. The summed E-state index contributed by atoms with van der Waals surface area (Å²) in [5, 5.41) is 2.70. The van der Waals surface area contributed by atoms with Gasteiger partial charge in [-0.3, -0.25) is 4.79 Å². The fraction of sp³-hybridized carbons (Fsp3) is 0.316. The number of hydrogen-bond donors (Lipinski definition) is 1. The number of nitrogens with one attached hydrogen (secondary N) is 1. The standard InChI is InChI=1S/C19H24N2O6S/c1-21(13-19(22)20-12-14-7-5-6-8-16(14)25-2)28(23,24)15-9-10-17(26-3)18(11-15)27-4/h5-11H,12-13H2,1-4H3,(H,20,22). The molecule has 0 aliphatic rings. The summed E-state index contributed by atoms with van der Waals surface area (Å²) in [6.45, 7) is -0.0983. The lowest BCUT2D eigenvalue weighted by Crippen LogP contribution is -2.38. The van der Waals surface area contributed by atoms with Crippen molar-refractivity contribution >= 4 is 15.9 Å². The van der Waals surface area contributed by atoms with Crippen LogP contribution in [0.4, 0.5) is 0 Å². The second kappa shape index (κ2) is 9.43. The first-order valence-corrected chi connectivity index (χ1v) is 9.84. The number of amides is 1. The van der Waals surface area contributed by atoms with Crippen LogP contribution < -0.4 is 19.5 Å². The minimum atomic E-state index is -3.88. The summed E-state index contributed by atoms with van der Waals surface area (Å²) in [5.74, 6) is 0.919. The van der Waals surface area contributed by atoms with E-state index in [-0.39, 0.29) is 23.7 Å². The number of likely N-dealkylation sites (N-methyl/N-ethyl adjacent to an activating group) is 1. The summed E-state index contributed by atoms with van der Waals surface area (Å²) >= 11 is 0. The molecule has 28 heavy (non-hydrogen) atoms. The second-order valence-electron chi connectivity index (χ2n) is 5.87. The van der Waals surface area contributed by atoms with Crippen LogP contribution in [0.3, 0.4) is 0 Å². The minimum Gasteiger partial charge on any atom is -0.496 e. The van der Waals surface area contributed by atoms with Gasteiger partial charge in [0.15, 0.2) is 11.5 Å². The van der Waals surface area contributed by atoms with Gasteiger partial charge < -0.3 is 19.5 Å². The van der Waals surface area contributed by atoms with Crippen LogP contribution in [0.5, 0.6) is 17.2 Å². The zero-order chi connectivity index (χ0) is 20.7. The molecule has 0 fully saturated rings. The Hall–Kier alpha value is -2.78. The molecule has 1 N–H and O–H groups in total. The number of sulfonamides is 1. The monoisotopic (exact) mass is 408 g/mol. The van der Waals surface area contributed by atoms with Crippen LogP contribution >= 0.6 is 0 Å². The van der Waals surface area contributed by atoms with Crippen molar-refractivity contribution in [2.45, 2.75) is 11.4 Å². The van der Waals surface area contributed by atoms with Gasteiger partial charge in [0, 0.05) is 25.2 Å². The van der Waals surface area contributed by atoms with Gasteiger partial charge in [-0.1, -0.05) is 18.2 Å². The van der Waals surface area contributed by atoms with E-state index >= 15 is 0 Å². The van der Waals surface area contributed by atoms with E-state index in [1.54, 1.807) is 13.2 Å². The van der Waals surface area contributed by atoms with Crippen LogP contribution in [0.2, 0.25) is 0 Å². The Bertz CT molecular complexity index is 930. The largest absolute Gasteiger partial charge is 0.496 e. The lowest BCUT2D eigenvalue weighted by Gasteiger charge is -2.18. The van der Waals surface area contributed by atoms with Crippen LogP contribution in [0.1, 0.15) is 5.56 Å². The molecule has 152 valence electrons. The molecule has 0 heterocycles. The number of nitrogens with zero attached hydrogens (tertiary/aromatic N) is 1. The highest BCUT2D eigenvalue weighted by atomic mass is 32.2. The summed E-state index contributed by atoms with van der Waals surface area (Å²) in [4.78, 5) is 12.2. The van der Waals surface area contributed by atoms with Gasteiger partial charge in [0.1, 0.15) is 5.75 Å². The number of ether oxygens (including phenoxy) is 3. The van der Waals surface area contributed by atoms with Crippen molar-refractivity contribution < 1.29 is 27.4 Å². The van der Waals surface area contributed by atoms with Crippen molar-refractivity contribution in [3.8, 4) is 17.2 Å². The SMILES string of the molecule is COc1ccccc1CNC(=O)CN(C)S(=O)(=O)c1ccc(OC)c(OC)c1. The van der Waals surface area contributed by atoms with E-state index in [0.29, 0.717) is 11.5 Å². The van der Waals surface area contributed by atoms with E-state index in [1.807, 2.05) is 18.2 Å². The number of rotatable bonds is 9. The van der Waals surface area contributed by atoms with E-state index in [1.165, 1.54) is 39.5 Å². The molecule has 1 amide bonds. The van der Waals surface area contributed by atoms with Crippen LogP contribution in [-0.2, 0) is 21.4 Å². The van der Waals surface area contributed by atoms with Crippen LogP contribution in [0.15, 0.2) is 47.4 Å². The van der Waals surface area contributed by atoms with Crippen molar-refractivity contribution in [3.05, 3.63) is 48.0 Å². The summed E-state index contributed by atoms with van der Waals surface area (Å²) in [5.41, 5.74) is 0.795. The van der Waals surface area contributed by atoms with Gasteiger partial charge in [-0.2, -0.15) is 4.31 Å². The maximum Gasteiger partial charge on any atom is 0.243 e. The normalized spacial score (nSPS) is 11.2. The molecular formula is C19H24N2O6S. The van der Waals surface area contributed by atoms with Gasteiger partial charge in [-0.25, -0.2) is 8.42 Å². The molecule has 0 aromatic heterocycles. The van der Waals surface area contributed by atoms with Gasteiger partial charge in [-0.05, 0) is 18.2 Å². The van der Waals surface area contributed by atoms with Gasteiger partial charge in [0.2, 0.25) is 15.9 Å². The molecule has 2 aromatic rings. The molecule has 0 unspecified atom stereocenters. The lowest BCUT2D eigenvalue weighted by molar-refractivity contribution is -0.121. The quantitative estimate of drug-likeness (QED) is 0.678. The molecule has 0 saturated carbocycles. The molecular weight excluding hydrogens is 384 g/mol. The Kier molecular flexibility index (Phi) is 7.24. The second-order valence-corrected chi connectivity index (χ2v) is 7.91. The fourth-order valence-corrected chi connectivity index (χ4v) is 3.69. The molecule has 9 heteroatoms. The van der Waals surface area contributed by atoms with Gasteiger partial charge in [0.25, 0.3) is 0 Å². The highest BCUT2D eigenvalue weighted by Crippen LogP contribution is 2.30. The van der Waals surface area contributed by atoms with Crippen molar-refractivity contribution in [2.24, 2.45) is 0 Å². The lowest BCUT2D eigenvalue weighted by atomic mass is 10.2. The minimum absolute atomic E-state index is 0.00480. The maximum atomic E-state index is 12.7. The summed E-state index contributed by atoms with van der Waals surface area (Å²) in [7, 11) is 1.90. The Morgan fingerprint density at radius 3 is 2.25 bits per heavy atom. The van der Waals surface area contributed by atoms with Crippen LogP contribution in [0, 0.1) is 0 Å².